The minimum absolute atomic E-state index is 0.0173. The molecule has 1 aliphatic carbocycles. The first kappa shape index (κ1) is 56.3. The highest BCUT2D eigenvalue weighted by Crippen LogP contribution is 2.25. The van der Waals surface area contributed by atoms with Gasteiger partial charge in [-0.3, -0.25) is 28.9 Å². The average Bonchev–Trinajstić information content (AvgIpc) is 3.22. The Morgan fingerprint density at radius 3 is 1.11 bits per heavy atom. The summed E-state index contributed by atoms with van der Waals surface area (Å²) in [7, 11) is 0. The minimum Gasteiger partial charge on any atom is -0.465 e. The smallest absolute Gasteiger partial charge is 0.305 e. The summed E-state index contributed by atoms with van der Waals surface area (Å²) in [5.74, 6) is -2.34. The third-order valence-corrected chi connectivity index (χ3v) is 11.7. The van der Waals surface area contributed by atoms with E-state index in [1.54, 1.807) is 0 Å². The first-order valence-corrected chi connectivity index (χ1v) is 24.8. The van der Waals surface area contributed by atoms with Crippen LogP contribution in [0.25, 0.3) is 0 Å². The Balaban J connectivity index is 2.61. The number of esters is 5. The van der Waals surface area contributed by atoms with Crippen LogP contribution in [0.3, 0.4) is 0 Å². The molecule has 1 N–H and O–H groups in total. The van der Waals surface area contributed by atoms with E-state index < -0.39 is 11.9 Å². The van der Waals surface area contributed by atoms with Gasteiger partial charge in [0.25, 0.3) is 0 Å². The van der Waals surface area contributed by atoms with Crippen LogP contribution in [0.2, 0.25) is 0 Å². The minimum atomic E-state index is -0.499. The highest BCUT2D eigenvalue weighted by atomic mass is 16.6. The normalized spacial score (nSPS) is 13.2. The zero-order chi connectivity index (χ0) is 44.6. The summed E-state index contributed by atoms with van der Waals surface area (Å²) >= 11 is 0. The maximum Gasteiger partial charge on any atom is 0.305 e. The average molecular weight is 868 g/mol. The molecule has 12 heteroatoms. The zero-order valence-electron chi connectivity index (χ0n) is 39.1. The van der Waals surface area contributed by atoms with E-state index in [1.807, 2.05) is 0 Å². The quantitative estimate of drug-likeness (QED) is 0.0352. The van der Waals surface area contributed by atoms with Crippen molar-refractivity contribution >= 4 is 29.8 Å². The van der Waals surface area contributed by atoms with Crippen LogP contribution >= 0.6 is 0 Å². The monoisotopic (exact) mass is 868 g/mol. The van der Waals surface area contributed by atoms with Crippen LogP contribution in [-0.4, -0.2) is 98.6 Å². The lowest BCUT2D eigenvalue weighted by atomic mass is 9.91. The van der Waals surface area contributed by atoms with E-state index in [-0.39, 0.29) is 82.3 Å². The third kappa shape index (κ3) is 33.5. The van der Waals surface area contributed by atoms with Crippen molar-refractivity contribution in [3.63, 3.8) is 0 Å². The largest absolute Gasteiger partial charge is 0.465 e. The molecule has 0 aromatic heterocycles. The standard InChI is InChI=1S/C49H89NO11/c1-4-7-10-13-16-21-31-47(54)59-39-43(40-60-48(55)32-22-17-18-23-34-50(35-36-51)44-27-25-28-44)41-61-49(56)33-24-26-42(37-57-45(52)29-19-14-11-8-5-2)38-58-46(53)30-20-15-12-9-6-3/h42-44,51H,4-41H2,1-3H3. The van der Waals surface area contributed by atoms with Gasteiger partial charge in [0.1, 0.15) is 19.8 Å². The Kier molecular flexibility index (Phi) is 37.0. The predicted molar refractivity (Wildman–Crippen MR) is 240 cm³/mol. The van der Waals surface area contributed by atoms with Crippen molar-refractivity contribution in [3.05, 3.63) is 0 Å². The van der Waals surface area contributed by atoms with E-state index >= 15 is 0 Å². The van der Waals surface area contributed by atoms with Crippen molar-refractivity contribution in [1.82, 2.24) is 4.90 Å². The number of nitrogens with zero attached hydrogens (tertiary/aromatic N) is 1. The van der Waals surface area contributed by atoms with Gasteiger partial charge in [0, 0.05) is 50.6 Å². The van der Waals surface area contributed by atoms with Gasteiger partial charge >= 0.3 is 29.8 Å². The molecular weight excluding hydrogens is 779 g/mol. The van der Waals surface area contributed by atoms with Crippen LogP contribution in [0, 0.1) is 11.8 Å². The molecule has 1 rings (SSSR count). The summed E-state index contributed by atoms with van der Waals surface area (Å²) in [4.78, 5) is 65.4. The highest BCUT2D eigenvalue weighted by molar-refractivity contribution is 5.71. The van der Waals surface area contributed by atoms with Crippen molar-refractivity contribution in [3.8, 4) is 0 Å². The summed E-state index contributed by atoms with van der Waals surface area (Å²) in [6.07, 6.45) is 26.4. The van der Waals surface area contributed by atoms with Crippen LogP contribution in [0.4, 0.5) is 0 Å². The van der Waals surface area contributed by atoms with Crippen molar-refractivity contribution in [2.24, 2.45) is 11.8 Å². The maximum atomic E-state index is 12.9. The Hall–Kier alpha value is -2.73. The summed E-state index contributed by atoms with van der Waals surface area (Å²) in [6.45, 7) is 8.48. The van der Waals surface area contributed by atoms with Gasteiger partial charge in [0.15, 0.2) is 0 Å². The molecule has 0 aromatic rings. The zero-order valence-corrected chi connectivity index (χ0v) is 39.1. The molecule has 0 aromatic carbocycles. The van der Waals surface area contributed by atoms with Crippen LogP contribution in [-0.2, 0) is 47.7 Å². The number of rotatable bonds is 43. The fraction of sp³-hybridized carbons (Fsp3) is 0.898. The molecule has 1 unspecified atom stereocenters. The Bertz CT molecular complexity index is 1080. The first-order chi connectivity index (χ1) is 29.7. The van der Waals surface area contributed by atoms with Gasteiger partial charge in [0.05, 0.1) is 25.7 Å². The maximum absolute atomic E-state index is 12.9. The predicted octanol–water partition coefficient (Wildman–Crippen LogP) is 10.4. The SMILES string of the molecule is CCCCCCCCC(=O)OCC(COC(=O)CCCCCCN(CCO)C1CCC1)COC(=O)CCCC(COC(=O)CCCCCCC)COC(=O)CCCCCCC. The van der Waals surface area contributed by atoms with Crippen molar-refractivity contribution in [2.45, 2.75) is 219 Å². The van der Waals surface area contributed by atoms with Gasteiger partial charge in [-0.15, -0.1) is 0 Å². The second-order valence-corrected chi connectivity index (χ2v) is 17.4. The van der Waals surface area contributed by atoms with E-state index in [4.69, 9.17) is 23.7 Å². The van der Waals surface area contributed by atoms with Crippen LogP contribution in [0.15, 0.2) is 0 Å². The number of hydrogen-bond acceptors (Lipinski definition) is 12. The van der Waals surface area contributed by atoms with E-state index in [9.17, 15) is 29.1 Å². The van der Waals surface area contributed by atoms with Crippen molar-refractivity contribution in [1.29, 1.82) is 0 Å². The Morgan fingerprint density at radius 2 is 0.770 bits per heavy atom. The lowest BCUT2D eigenvalue weighted by molar-refractivity contribution is -0.155. The van der Waals surface area contributed by atoms with Gasteiger partial charge in [0.2, 0.25) is 0 Å². The lowest BCUT2D eigenvalue weighted by Gasteiger charge is -2.37. The molecule has 1 saturated carbocycles. The van der Waals surface area contributed by atoms with E-state index in [1.165, 1.54) is 25.7 Å². The summed E-state index contributed by atoms with van der Waals surface area (Å²) in [5.41, 5.74) is 0. The second-order valence-electron chi connectivity index (χ2n) is 17.4. The number of ether oxygens (including phenoxy) is 5. The molecule has 356 valence electrons. The van der Waals surface area contributed by atoms with Crippen LogP contribution in [0.5, 0.6) is 0 Å². The van der Waals surface area contributed by atoms with E-state index in [0.717, 1.165) is 129 Å². The molecule has 0 saturated heterocycles. The summed E-state index contributed by atoms with van der Waals surface area (Å²) in [6, 6.07) is 0.603. The molecule has 61 heavy (non-hydrogen) atoms. The van der Waals surface area contributed by atoms with Gasteiger partial charge < -0.3 is 28.8 Å². The molecule has 0 spiro atoms. The highest BCUT2D eigenvalue weighted by Gasteiger charge is 2.24. The van der Waals surface area contributed by atoms with Crippen molar-refractivity contribution < 1.29 is 52.8 Å². The molecule has 0 bridgehead atoms. The van der Waals surface area contributed by atoms with Gasteiger partial charge in [-0.2, -0.15) is 0 Å². The van der Waals surface area contributed by atoms with E-state index in [2.05, 4.69) is 25.7 Å². The third-order valence-electron chi connectivity index (χ3n) is 11.7. The number of carbonyl (C=O) groups is 5. The van der Waals surface area contributed by atoms with Gasteiger partial charge in [-0.05, 0) is 64.3 Å². The van der Waals surface area contributed by atoms with Gasteiger partial charge in [-0.1, -0.05) is 124 Å². The second kappa shape index (κ2) is 40.1. The Labute approximate surface area is 370 Å². The first-order valence-electron chi connectivity index (χ1n) is 24.8. The number of unbranched alkanes of at least 4 members (excludes halogenated alkanes) is 16. The van der Waals surface area contributed by atoms with Crippen LogP contribution in [0.1, 0.15) is 213 Å². The molecule has 0 radical (unpaired) electrons. The molecule has 0 amide bonds. The fourth-order valence-corrected chi connectivity index (χ4v) is 7.40. The van der Waals surface area contributed by atoms with Crippen LogP contribution < -0.4 is 0 Å². The Morgan fingerprint density at radius 1 is 0.443 bits per heavy atom. The lowest BCUT2D eigenvalue weighted by Crippen LogP contribution is -2.42. The summed E-state index contributed by atoms with van der Waals surface area (Å²) < 4.78 is 27.9. The molecule has 12 nitrogen and oxygen atoms in total. The molecule has 1 atom stereocenters. The number of aliphatic hydroxyl groups is 1. The summed E-state index contributed by atoms with van der Waals surface area (Å²) in [5, 5.41) is 9.40. The van der Waals surface area contributed by atoms with Crippen molar-refractivity contribution in [2.75, 3.05) is 52.7 Å². The topological polar surface area (TPSA) is 155 Å². The number of carbonyl (C=O) groups excluding carboxylic acids is 5. The molecule has 0 aliphatic heterocycles. The molecule has 1 aliphatic rings. The molecule has 0 heterocycles. The fourth-order valence-electron chi connectivity index (χ4n) is 7.40. The molecule has 1 fully saturated rings. The van der Waals surface area contributed by atoms with E-state index in [0.29, 0.717) is 44.6 Å². The van der Waals surface area contributed by atoms with Gasteiger partial charge in [-0.25, -0.2) is 0 Å². The molecular formula is C49H89NO11. The number of aliphatic hydroxyl groups excluding tert-OH is 1. The number of hydrogen-bond donors (Lipinski definition) is 1.